The summed E-state index contributed by atoms with van der Waals surface area (Å²) in [6, 6.07) is 0. The third kappa shape index (κ3) is 6.41. The van der Waals surface area contributed by atoms with E-state index in [0.717, 1.165) is 16.7 Å². The Morgan fingerprint density at radius 3 is 1.75 bits per heavy atom. The molecule has 32 heavy (non-hydrogen) atoms. The Hall–Kier alpha value is -2.69. The maximum Gasteiger partial charge on any atom is 0.307 e. The molecule has 1 aliphatic carbocycles. The predicted molar refractivity (Wildman–Crippen MR) is 128 cm³/mol. The van der Waals surface area contributed by atoms with Crippen LogP contribution in [0.15, 0.2) is 57.6 Å². The van der Waals surface area contributed by atoms with E-state index in [-0.39, 0.29) is 36.4 Å². The highest BCUT2D eigenvalue weighted by molar-refractivity contribution is 6.25. The van der Waals surface area contributed by atoms with Gasteiger partial charge in [-0.3, -0.25) is 14.4 Å². The molecule has 0 spiro atoms. The molecule has 0 unspecified atom stereocenters. The molecule has 1 aliphatic rings. The standard InChI is InChI=1S/C27H38O5/c1-16(2)10-11-21-24(30)22(23(29)19(7)8)25(31)27(14-12-17(3)4,15-13-18(5)6)26(21)32-20(9)28/h10,12-13,19,30H,11,14-15H2,1-9H3. The Balaban J connectivity index is 4.11. The van der Waals surface area contributed by atoms with Crippen molar-refractivity contribution in [3.63, 3.8) is 0 Å². The lowest BCUT2D eigenvalue weighted by atomic mass is 9.66. The Labute approximate surface area is 192 Å². The molecule has 0 aromatic heterocycles. The van der Waals surface area contributed by atoms with Gasteiger partial charge in [0.05, 0.1) is 5.41 Å². The second kappa shape index (κ2) is 11.3. The van der Waals surface area contributed by atoms with Crippen LogP contribution in [0.3, 0.4) is 0 Å². The number of esters is 1. The van der Waals surface area contributed by atoms with Crippen LogP contribution >= 0.6 is 0 Å². The topological polar surface area (TPSA) is 80.7 Å². The first kappa shape index (κ1) is 27.3. The second-order valence-electron chi connectivity index (χ2n) is 9.51. The first-order chi connectivity index (χ1) is 14.7. The van der Waals surface area contributed by atoms with E-state index in [4.69, 9.17) is 4.74 Å². The summed E-state index contributed by atoms with van der Waals surface area (Å²) >= 11 is 0. The third-order valence-electron chi connectivity index (χ3n) is 5.34. The van der Waals surface area contributed by atoms with Crippen LogP contribution in [0.2, 0.25) is 0 Å². The van der Waals surface area contributed by atoms with E-state index in [1.807, 2.05) is 59.8 Å². The van der Waals surface area contributed by atoms with Crippen LogP contribution in [0, 0.1) is 11.3 Å². The van der Waals surface area contributed by atoms with Crippen LogP contribution in [0.25, 0.3) is 0 Å². The summed E-state index contributed by atoms with van der Waals surface area (Å²) in [5, 5.41) is 11.1. The van der Waals surface area contributed by atoms with Gasteiger partial charge in [0.15, 0.2) is 11.6 Å². The number of hydrogen-bond acceptors (Lipinski definition) is 5. The number of hydrogen-bond donors (Lipinski definition) is 1. The highest BCUT2D eigenvalue weighted by Crippen LogP contribution is 2.48. The Morgan fingerprint density at radius 1 is 0.906 bits per heavy atom. The fourth-order valence-electron chi connectivity index (χ4n) is 3.52. The Kier molecular flexibility index (Phi) is 9.62. The zero-order valence-corrected chi connectivity index (χ0v) is 21.0. The SMILES string of the molecule is CC(=O)OC1=C(CC=C(C)C)C(O)=C(C(=O)C(C)C)C(=O)C1(CC=C(C)C)CC=C(C)C. The number of aliphatic hydroxyl groups excluding tert-OH is 1. The maximum absolute atomic E-state index is 14.0. The lowest BCUT2D eigenvalue weighted by Crippen LogP contribution is -2.42. The molecule has 5 heteroatoms. The minimum absolute atomic E-state index is 0.139. The molecule has 0 aromatic carbocycles. The van der Waals surface area contributed by atoms with Gasteiger partial charge in [0.1, 0.15) is 17.1 Å². The van der Waals surface area contributed by atoms with Crippen LogP contribution in [0.1, 0.15) is 81.6 Å². The van der Waals surface area contributed by atoms with E-state index < -0.39 is 28.9 Å². The first-order valence-corrected chi connectivity index (χ1v) is 11.1. The molecule has 0 bridgehead atoms. The number of aliphatic hydroxyl groups is 1. The highest BCUT2D eigenvalue weighted by Gasteiger charge is 2.51. The number of ketones is 2. The smallest absolute Gasteiger partial charge is 0.307 e. The summed E-state index contributed by atoms with van der Waals surface area (Å²) in [6.45, 7) is 16.2. The normalized spacial score (nSPS) is 15.5. The number of carbonyl (C=O) groups is 3. The predicted octanol–water partition coefficient (Wildman–Crippen LogP) is 6.48. The fourth-order valence-corrected chi connectivity index (χ4v) is 3.52. The second-order valence-corrected chi connectivity index (χ2v) is 9.51. The largest absolute Gasteiger partial charge is 0.507 e. The first-order valence-electron chi connectivity index (χ1n) is 11.1. The van der Waals surface area contributed by atoms with Gasteiger partial charge in [0.2, 0.25) is 0 Å². The molecule has 0 saturated carbocycles. The lowest BCUT2D eigenvalue weighted by Gasteiger charge is -2.38. The number of carbonyl (C=O) groups excluding carboxylic acids is 3. The molecule has 0 saturated heterocycles. The molecular weight excluding hydrogens is 404 g/mol. The van der Waals surface area contributed by atoms with E-state index in [1.54, 1.807) is 13.8 Å². The molecule has 0 fully saturated rings. The summed E-state index contributed by atoms with van der Waals surface area (Å²) < 4.78 is 5.67. The van der Waals surface area contributed by atoms with Gasteiger partial charge in [0, 0.05) is 18.4 Å². The van der Waals surface area contributed by atoms with Crippen molar-refractivity contribution in [3.8, 4) is 0 Å². The van der Waals surface area contributed by atoms with Crippen molar-refractivity contribution in [1.29, 1.82) is 0 Å². The molecule has 0 heterocycles. The van der Waals surface area contributed by atoms with E-state index in [0.29, 0.717) is 5.57 Å². The van der Waals surface area contributed by atoms with Gasteiger partial charge in [-0.25, -0.2) is 0 Å². The van der Waals surface area contributed by atoms with Crippen molar-refractivity contribution in [3.05, 3.63) is 57.6 Å². The van der Waals surface area contributed by atoms with Crippen molar-refractivity contribution in [1.82, 2.24) is 0 Å². The van der Waals surface area contributed by atoms with Gasteiger partial charge in [0.25, 0.3) is 0 Å². The van der Waals surface area contributed by atoms with Gasteiger partial charge in [-0.05, 0) is 60.8 Å². The van der Waals surface area contributed by atoms with Crippen molar-refractivity contribution in [2.45, 2.75) is 81.6 Å². The van der Waals surface area contributed by atoms with Crippen molar-refractivity contribution in [2.75, 3.05) is 0 Å². The van der Waals surface area contributed by atoms with Crippen LogP contribution in [-0.2, 0) is 19.1 Å². The molecule has 0 aliphatic heterocycles. The molecule has 1 rings (SSSR count). The minimum Gasteiger partial charge on any atom is -0.507 e. The van der Waals surface area contributed by atoms with Gasteiger partial charge >= 0.3 is 5.97 Å². The lowest BCUT2D eigenvalue weighted by molar-refractivity contribution is -0.141. The molecule has 176 valence electrons. The summed E-state index contributed by atoms with van der Waals surface area (Å²) in [5.41, 5.74) is 1.82. The molecule has 5 nitrogen and oxygen atoms in total. The number of allylic oxidation sites excluding steroid dienone is 9. The van der Waals surface area contributed by atoms with Crippen molar-refractivity contribution < 1.29 is 24.2 Å². The molecule has 0 amide bonds. The van der Waals surface area contributed by atoms with Crippen molar-refractivity contribution >= 4 is 17.5 Å². The Morgan fingerprint density at radius 2 is 1.38 bits per heavy atom. The summed E-state index contributed by atoms with van der Waals surface area (Å²) in [4.78, 5) is 39.2. The quantitative estimate of drug-likeness (QED) is 0.251. The summed E-state index contributed by atoms with van der Waals surface area (Å²) in [6.07, 6.45) is 6.46. The maximum atomic E-state index is 14.0. The third-order valence-corrected chi connectivity index (χ3v) is 5.34. The zero-order chi connectivity index (χ0) is 24.8. The monoisotopic (exact) mass is 442 g/mol. The van der Waals surface area contributed by atoms with Crippen LogP contribution in [0.4, 0.5) is 0 Å². The Bertz CT molecular complexity index is 903. The molecule has 1 N–H and O–H groups in total. The van der Waals surface area contributed by atoms with Crippen LogP contribution in [-0.4, -0.2) is 22.6 Å². The van der Waals surface area contributed by atoms with E-state index in [9.17, 15) is 19.5 Å². The van der Waals surface area contributed by atoms with E-state index in [2.05, 4.69) is 0 Å². The van der Waals surface area contributed by atoms with Gasteiger partial charge in [-0.2, -0.15) is 0 Å². The molecule has 0 aromatic rings. The van der Waals surface area contributed by atoms with Crippen LogP contribution < -0.4 is 0 Å². The highest BCUT2D eigenvalue weighted by atomic mass is 16.5. The van der Waals surface area contributed by atoms with E-state index >= 15 is 0 Å². The summed E-state index contributed by atoms with van der Waals surface area (Å²) in [7, 11) is 0. The summed E-state index contributed by atoms with van der Waals surface area (Å²) in [5.74, 6) is -2.20. The number of ether oxygens (including phenoxy) is 1. The average molecular weight is 443 g/mol. The van der Waals surface area contributed by atoms with Gasteiger partial charge in [-0.15, -0.1) is 0 Å². The molecule has 0 radical (unpaired) electrons. The minimum atomic E-state index is -1.29. The molecular formula is C27H38O5. The number of Topliss-reactive ketones (excluding diaryl/α,β-unsaturated/α-hetero) is 2. The average Bonchev–Trinajstić information content (AvgIpc) is 2.66. The van der Waals surface area contributed by atoms with Crippen molar-refractivity contribution in [2.24, 2.45) is 11.3 Å². The van der Waals surface area contributed by atoms with E-state index in [1.165, 1.54) is 6.92 Å². The van der Waals surface area contributed by atoms with Crippen LogP contribution in [0.5, 0.6) is 0 Å². The van der Waals surface area contributed by atoms with Gasteiger partial charge < -0.3 is 9.84 Å². The molecule has 0 atom stereocenters. The fraction of sp³-hybridized carbons (Fsp3) is 0.519. The zero-order valence-electron chi connectivity index (χ0n) is 21.0. The van der Waals surface area contributed by atoms with Gasteiger partial charge in [-0.1, -0.05) is 48.8 Å². The number of rotatable bonds is 9.